The fourth-order valence-electron chi connectivity index (χ4n) is 2.34. The Kier molecular flexibility index (Phi) is 4.78. The van der Waals surface area contributed by atoms with Gasteiger partial charge in [0.15, 0.2) is 0 Å². The summed E-state index contributed by atoms with van der Waals surface area (Å²) < 4.78 is 16.1. The Morgan fingerprint density at radius 2 is 2.17 bits per heavy atom. The highest BCUT2D eigenvalue weighted by atomic mass is 16.6. The van der Waals surface area contributed by atoms with Gasteiger partial charge in [-0.15, -0.1) is 0 Å². The Hall–Kier alpha value is -0.870. The van der Waals surface area contributed by atoms with Crippen LogP contribution in [-0.2, 0) is 19.0 Å². The quantitative estimate of drug-likeness (QED) is 0.302. The first kappa shape index (κ1) is 13.6. The van der Waals surface area contributed by atoms with Crippen LogP contribution in [-0.4, -0.2) is 38.0 Å². The van der Waals surface area contributed by atoms with Crippen molar-refractivity contribution in [2.45, 2.75) is 44.8 Å². The molecule has 3 unspecified atom stereocenters. The zero-order chi connectivity index (χ0) is 13.0. The van der Waals surface area contributed by atoms with Gasteiger partial charge >= 0.3 is 5.97 Å². The van der Waals surface area contributed by atoms with Gasteiger partial charge in [0.25, 0.3) is 0 Å². The van der Waals surface area contributed by atoms with Gasteiger partial charge in [-0.2, -0.15) is 0 Å². The summed E-state index contributed by atoms with van der Waals surface area (Å²) in [4.78, 5) is 11.1. The van der Waals surface area contributed by atoms with E-state index in [0.717, 1.165) is 19.4 Å². The average Bonchev–Trinajstić information content (AvgIpc) is 3.11. The lowest BCUT2D eigenvalue weighted by Gasteiger charge is -2.18. The number of rotatable bonds is 7. The van der Waals surface area contributed by atoms with Crippen LogP contribution >= 0.6 is 0 Å². The van der Waals surface area contributed by atoms with E-state index in [1.807, 2.05) is 0 Å². The van der Waals surface area contributed by atoms with Crippen LogP contribution in [0.5, 0.6) is 0 Å². The van der Waals surface area contributed by atoms with E-state index in [4.69, 9.17) is 14.2 Å². The zero-order valence-corrected chi connectivity index (χ0v) is 11.0. The molecule has 0 amide bonds. The SMILES string of the molecule is C=C(C)C(=O)OCCCOCC1CCC2OC2C1. The summed E-state index contributed by atoms with van der Waals surface area (Å²) in [5.74, 6) is 0.325. The van der Waals surface area contributed by atoms with Crippen LogP contribution in [0, 0.1) is 5.92 Å². The second kappa shape index (κ2) is 6.34. The predicted molar refractivity (Wildman–Crippen MR) is 67.2 cm³/mol. The fraction of sp³-hybridized carbons (Fsp3) is 0.786. The minimum absolute atomic E-state index is 0.320. The van der Waals surface area contributed by atoms with Crippen molar-refractivity contribution in [3.63, 3.8) is 0 Å². The maximum Gasteiger partial charge on any atom is 0.333 e. The largest absolute Gasteiger partial charge is 0.462 e. The molecule has 18 heavy (non-hydrogen) atoms. The summed E-state index contributed by atoms with van der Waals surface area (Å²) in [6.45, 7) is 7.03. The Balaban J connectivity index is 1.44. The van der Waals surface area contributed by atoms with E-state index in [-0.39, 0.29) is 5.97 Å². The van der Waals surface area contributed by atoms with Crippen LogP contribution in [0.4, 0.5) is 0 Å². The van der Waals surface area contributed by atoms with E-state index in [1.165, 1.54) is 12.8 Å². The molecule has 0 aromatic carbocycles. The third-order valence-electron chi connectivity index (χ3n) is 3.48. The molecule has 1 heterocycles. The number of esters is 1. The highest BCUT2D eigenvalue weighted by Crippen LogP contribution is 2.39. The van der Waals surface area contributed by atoms with Crippen molar-refractivity contribution in [1.82, 2.24) is 0 Å². The van der Waals surface area contributed by atoms with Gasteiger partial charge in [0.05, 0.1) is 18.8 Å². The van der Waals surface area contributed by atoms with Gasteiger partial charge in [-0.25, -0.2) is 4.79 Å². The van der Waals surface area contributed by atoms with E-state index in [1.54, 1.807) is 6.92 Å². The maximum absolute atomic E-state index is 11.1. The molecule has 0 aromatic heterocycles. The third kappa shape index (κ3) is 4.10. The standard InChI is InChI=1S/C14H22O4/c1-10(2)14(15)17-7-3-6-16-9-11-4-5-12-13(8-11)18-12/h11-13H,1,3-9H2,2H3. The highest BCUT2D eigenvalue weighted by molar-refractivity contribution is 5.86. The number of carbonyl (C=O) groups is 1. The second-order valence-corrected chi connectivity index (χ2v) is 5.24. The van der Waals surface area contributed by atoms with Gasteiger partial charge in [0.2, 0.25) is 0 Å². The van der Waals surface area contributed by atoms with Gasteiger partial charge < -0.3 is 14.2 Å². The van der Waals surface area contributed by atoms with Crippen molar-refractivity contribution < 1.29 is 19.0 Å². The molecule has 3 atom stereocenters. The Morgan fingerprint density at radius 3 is 2.89 bits per heavy atom. The molecule has 0 bridgehead atoms. The molecule has 2 aliphatic rings. The van der Waals surface area contributed by atoms with Crippen molar-refractivity contribution in [3.05, 3.63) is 12.2 Å². The molecule has 0 radical (unpaired) electrons. The fourth-order valence-corrected chi connectivity index (χ4v) is 2.34. The summed E-state index contributed by atoms with van der Waals surface area (Å²) >= 11 is 0. The molecular weight excluding hydrogens is 232 g/mol. The van der Waals surface area contributed by atoms with Crippen molar-refractivity contribution >= 4 is 5.97 Å². The van der Waals surface area contributed by atoms with Crippen molar-refractivity contribution in [2.24, 2.45) is 5.92 Å². The minimum atomic E-state index is -0.320. The number of hydrogen-bond donors (Lipinski definition) is 0. The van der Waals surface area contributed by atoms with E-state index in [0.29, 0.717) is 36.9 Å². The lowest BCUT2D eigenvalue weighted by atomic mass is 9.90. The van der Waals surface area contributed by atoms with E-state index in [2.05, 4.69) is 6.58 Å². The molecular formula is C14H22O4. The van der Waals surface area contributed by atoms with Gasteiger partial charge in [-0.3, -0.25) is 0 Å². The van der Waals surface area contributed by atoms with E-state index >= 15 is 0 Å². The van der Waals surface area contributed by atoms with Crippen LogP contribution in [0.2, 0.25) is 0 Å². The van der Waals surface area contributed by atoms with Crippen LogP contribution in [0.1, 0.15) is 32.6 Å². The number of ether oxygens (including phenoxy) is 3. The van der Waals surface area contributed by atoms with Crippen molar-refractivity contribution in [1.29, 1.82) is 0 Å². The summed E-state index contributed by atoms with van der Waals surface area (Å²) in [5.41, 5.74) is 0.442. The maximum atomic E-state index is 11.1. The number of fused-ring (bicyclic) bond motifs is 1. The third-order valence-corrected chi connectivity index (χ3v) is 3.48. The van der Waals surface area contributed by atoms with E-state index in [9.17, 15) is 4.79 Å². The monoisotopic (exact) mass is 254 g/mol. The zero-order valence-electron chi connectivity index (χ0n) is 11.0. The first-order valence-corrected chi connectivity index (χ1v) is 6.72. The normalized spacial score (nSPS) is 29.5. The van der Waals surface area contributed by atoms with Crippen LogP contribution in [0.25, 0.3) is 0 Å². The molecule has 4 nitrogen and oxygen atoms in total. The molecule has 1 aliphatic carbocycles. The first-order valence-electron chi connectivity index (χ1n) is 6.72. The van der Waals surface area contributed by atoms with Crippen LogP contribution in [0.15, 0.2) is 12.2 Å². The topological polar surface area (TPSA) is 48.1 Å². The molecule has 1 aliphatic heterocycles. The summed E-state index contributed by atoms with van der Waals surface area (Å²) in [5, 5.41) is 0. The molecule has 2 rings (SSSR count). The summed E-state index contributed by atoms with van der Waals surface area (Å²) in [6.07, 6.45) is 5.37. The Labute approximate surface area is 108 Å². The number of hydrogen-bond acceptors (Lipinski definition) is 4. The van der Waals surface area contributed by atoms with Gasteiger partial charge in [-0.1, -0.05) is 6.58 Å². The minimum Gasteiger partial charge on any atom is -0.462 e. The van der Waals surface area contributed by atoms with Crippen LogP contribution < -0.4 is 0 Å². The molecule has 0 aromatic rings. The molecule has 4 heteroatoms. The first-order chi connectivity index (χ1) is 8.66. The molecule has 0 N–H and O–H groups in total. The Morgan fingerprint density at radius 1 is 1.33 bits per heavy atom. The van der Waals surface area contributed by atoms with Crippen molar-refractivity contribution in [3.8, 4) is 0 Å². The molecule has 1 saturated heterocycles. The van der Waals surface area contributed by atoms with Gasteiger partial charge in [0.1, 0.15) is 0 Å². The highest BCUT2D eigenvalue weighted by Gasteiger charge is 2.43. The van der Waals surface area contributed by atoms with Crippen LogP contribution in [0.3, 0.4) is 0 Å². The number of carbonyl (C=O) groups excluding carboxylic acids is 1. The lowest BCUT2D eigenvalue weighted by Crippen LogP contribution is -2.19. The molecule has 0 spiro atoms. The average molecular weight is 254 g/mol. The summed E-state index contributed by atoms with van der Waals surface area (Å²) in [7, 11) is 0. The summed E-state index contributed by atoms with van der Waals surface area (Å²) in [6, 6.07) is 0. The lowest BCUT2D eigenvalue weighted by molar-refractivity contribution is -0.139. The predicted octanol–water partition coefficient (Wildman–Crippen LogP) is 2.08. The molecule has 1 saturated carbocycles. The second-order valence-electron chi connectivity index (χ2n) is 5.24. The van der Waals surface area contributed by atoms with Crippen molar-refractivity contribution in [2.75, 3.05) is 19.8 Å². The van der Waals surface area contributed by atoms with E-state index < -0.39 is 0 Å². The Bertz CT molecular complexity index is 313. The molecule has 102 valence electrons. The number of epoxide rings is 1. The van der Waals surface area contributed by atoms with Gasteiger partial charge in [-0.05, 0) is 32.1 Å². The molecule has 2 fully saturated rings. The smallest absolute Gasteiger partial charge is 0.333 e. The van der Waals surface area contributed by atoms with Gasteiger partial charge in [0, 0.05) is 25.2 Å².